The summed E-state index contributed by atoms with van der Waals surface area (Å²) < 4.78 is 1.98. The van der Waals surface area contributed by atoms with Crippen LogP contribution in [0.25, 0.3) is 0 Å². The summed E-state index contributed by atoms with van der Waals surface area (Å²) in [5, 5.41) is 2.92. The topological polar surface area (TPSA) is 60.0 Å². The number of fused-ring (bicyclic) bond motifs is 3. The molecule has 14 heavy (non-hydrogen) atoms. The standard InChI is InChI=1S/C10H11N3O/c11-6-3-4-7-9(6)12-10(14)8-2-1-5-13(7)8/h1-7,9H,11H2,(H,12,14)/t6-,7-,9+/m1/s1. The highest BCUT2D eigenvalue weighted by atomic mass is 16.2. The molecule has 0 bridgehead atoms. The van der Waals surface area contributed by atoms with Crippen molar-refractivity contribution in [1.82, 2.24) is 9.88 Å². The van der Waals surface area contributed by atoms with E-state index in [1.54, 1.807) is 0 Å². The second kappa shape index (κ2) is 2.48. The minimum absolute atomic E-state index is 0.0161. The van der Waals surface area contributed by atoms with Crippen molar-refractivity contribution in [1.29, 1.82) is 0 Å². The molecule has 1 aromatic heterocycles. The molecule has 3 N–H and O–H groups in total. The Labute approximate surface area is 81.4 Å². The molecule has 1 aliphatic heterocycles. The summed E-state index contributed by atoms with van der Waals surface area (Å²) in [6.45, 7) is 0. The predicted octanol–water partition coefficient (Wildman–Crippen LogP) is 0.0383. The molecule has 0 fully saturated rings. The van der Waals surface area contributed by atoms with Gasteiger partial charge in [-0.15, -0.1) is 0 Å². The molecular weight excluding hydrogens is 178 g/mol. The summed E-state index contributed by atoms with van der Waals surface area (Å²) in [5.41, 5.74) is 6.58. The fraction of sp³-hybridized carbons (Fsp3) is 0.300. The quantitative estimate of drug-likeness (QED) is 0.566. The van der Waals surface area contributed by atoms with Crippen LogP contribution in [-0.4, -0.2) is 22.6 Å². The van der Waals surface area contributed by atoms with Crippen molar-refractivity contribution in [3.05, 3.63) is 36.2 Å². The number of hydrogen-bond acceptors (Lipinski definition) is 2. The fourth-order valence-electron chi connectivity index (χ4n) is 2.23. The molecule has 1 amide bonds. The summed E-state index contributed by atoms with van der Waals surface area (Å²) in [5.74, 6) is -0.0320. The average molecular weight is 189 g/mol. The molecule has 2 aliphatic rings. The number of carbonyl (C=O) groups is 1. The molecular formula is C10H11N3O. The highest BCUT2D eigenvalue weighted by Crippen LogP contribution is 2.28. The molecule has 72 valence electrons. The molecule has 4 nitrogen and oxygen atoms in total. The van der Waals surface area contributed by atoms with Crippen LogP contribution in [0.1, 0.15) is 16.5 Å². The molecule has 0 saturated carbocycles. The lowest BCUT2D eigenvalue weighted by molar-refractivity contribution is 0.0890. The lowest BCUT2D eigenvalue weighted by Crippen LogP contribution is -2.52. The first-order chi connectivity index (χ1) is 6.77. The largest absolute Gasteiger partial charge is 0.344 e. The molecule has 1 aromatic rings. The molecule has 0 unspecified atom stereocenters. The highest BCUT2D eigenvalue weighted by molar-refractivity contribution is 5.94. The van der Waals surface area contributed by atoms with E-state index < -0.39 is 0 Å². The normalized spacial score (nSPS) is 33.8. The smallest absolute Gasteiger partial charge is 0.268 e. The van der Waals surface area contributed by atoms with Crippen LogP contribution < -0.4 is 11.1 Å². The van der Waals surface area contributed by atoms with Gasteiger partial charge in [-0.1, -0.05) is 12.2 Å². The van der Waals surface area contributed by atoms with E-state index in [0.29, 0.717) is 5.69 Å². The Morgan fingerprint density at radius 1 is 1.43 bits per heavy atom. The van der Waals surface area contributed by atoms with Gasteiger partial charge in [0.25, 0.3) is 5.91 Å². The van der Waals surface area contributed by atoms with E-state index in [1.165, 1.54) is 0 Å². The number of amides is 1. The maximum Gasteiger partial charge on any atom is 0.268 e. The first kappa shape index (κ1) is 7.82. The van der Waals surface area contributed by atoms with Crippen LogP contribution in [0.5, 0.6) is 0 Å². The summed E-state index contributed by atoms with van der Waals surface area (Å²) in [6, 6.07) is 3.84. The minimum atomic E-state index is -0.0699. The van der Waals surface area contributed by atoms with Crippen LogP contribution in [-0.2, 0) is 0 Å². The molecule has 0 radical (unpaired) electrons. The third-order valence-electron chi connectivity index (χ3n) is 2.94. The van der Waals surface area contributed by atoms with Gasteiger partial charge in [0.2, 0.25) is 0 Å². The second-order valence-corrected chi connectivity index (χ2v) is 3.75. The van der Waals surface area contributed by atoms with Crippen LogP contribution in [0.15, 0.2) is 30.5 Å². The Morgan fingerprint density at radius 3 is 3.14 bits per heavy atom. The zero-order valence-electron chi connectivity index (χ0n) is 7.55. The van der Waals surface area contributed by atoms with Gasteiger partial charge in [-0.3, -0.25) is 4.79 Å². The van der Waals surface area contributed by atoms with Gasteiger partial charge in [0.05, 0.1) is 12.1 Å². The zero-order chi connectivity index (χ0) is 9.71. The highest BCUT2D eigenvalue weighted by Gasteiger charge is 2.37. The van der Waals surface area contributed by atoms with Crippen LogP contribution in [0, 0.1) is 0 Å². The molecule has 2 heterocycles. The van der Waals surface area contributed by atoms with Gasteiger partial charge in [-0.2, -0.15) is 0 Å². The molecule has 0 aromatic carbocycles. The van der Waals surface area contributed by atoms with Crippen LogP contribution >= 0.6 is 0 Å². The fourth-order valence-corrected chi connectivity index (χ4v) is 2.23. The Balaban J connectivity index is 2.12. The van der Waals surface area contributed by atoms with E-state index in [2.05, 4.69) is 11.4 Å². The van der Waals surface area contributed by atoms with E-state index in [-0.39, 0.29) is 24.0 Å². The maximum absolute atomic E-state index is 11.6. The average Bonchev–Trinajstić information content (AvgIpc) is 2.74. The SMILES string of the molecule is N[C@@H]1C=C[C@@H]2[C@H]1NC(=O)c1cccn12. The summed E-state index contributed by atoms with van der Waals surface area (Å²) >= 11 is 0. The third kappa shape index (κ3) is 0.834. The van der Waals surface area contributed by atoms with Crippen molar-refractivity contribution in [3.63, 3.8) is 0 Å². The third-order valence-corrected chi connectivity index (χ3v) is 2.94. The van der Waals surface area contributed by atoms with Crippen LogP contribution in [0.2, 0.25) is 0 Å². The van der Waals surface area contributed by atoms with Crippen molar-refractivity contribution in [2.45, 2.75) is 18.1 Å². The van der Waals surface area contributed by atoms with Gasteiger partial charge in [-0.25, -0.2) is 0 Å². The van der Waals surface area contributed by atoms with Crippen LogP contribution in [0.3, 0.4) is 0 Å². The Bertz CT molecular complexity index is 421. The minimum Gasteiger partial charge on any atom is -0.344 e. The monoisotopic (exact) mass is 189 g/mol. The van der Waals surface area contributed by atoms with E-state index in [4.69, 9.17) is 5.73 Å². The van der Waals surface area contributed by atoms with E-state index in [1.807, 2.05) is 29.0 Å². The predicted molar refractivity (Wildman–Crippen MR) is 51.8 cm³/mol. The van der Waals surface area contributed by atoms with Crippen molar-refractivity contribution in [3.8, 4) is 0 Å². The van der Waals surface area contributed by atoms with Gasteiger partial charge < -0.3 is 15.6 Å². The number of aromatic nitrogens is 1. The lowest BCUT2D eigenvalue weighted by Gasteiger charge is -2.31. The van der Waals surface area contributed by atoms with Crippen LogP contribution in [0.4, 0.5) is 0 Å². The molecule has 0 spiro atoms. The van der Waals surface area contributed by atoms with E-state index in [9.17, 15) is 4.79 Å². The number of rotatable bonds is 0. The number of nitrogens with one attached hydrogen (secondary N) is 1. The number of hydrogen-bond donors (Lipinski definition) is 2. The summed E-state index contributed by atoms with van der Waals surface area (Å²) in [6.07, 6.45) is 5.93. The maximum atomic E-state index is 11.6. The molecule has 3 rings (SSSR count). The first-order valence-electron chi connectivity index (χ1n) is 4.69. The Morgan fingerprint density at radius 2 is 2.29 bits per heavy atom. The molecule has 1 aliphatic carbocycles. The van der Waals surface area contributed by atoms with Gasteiger partial charge >= 0.3 is 0 Å². The molecule has 3 atom stereocenters. The van der Waals surface area contributed by atoms with Crippen molar-refractivity contribution >= 4 is 5.91 Å². The number of carbonyl (C=O) groups excluding carboxylic acids is 1. The Kier molecular flexibility index (Phi) is 1.39. The number of nitrogens with two attached hydrogens (primary N) is 1. The van der Waals surface area contributed by atoms with Gasteiger partial charge in [-0.05, 0) is 12.1 Å². The van der Waals surface area contributed by atoms with Crippen molar-refractivity contribution < 1.29 is 4.79 Å². The van der Waals surface area contributed by atoms with Crippen molar-refractivity contribution in [2.24, 2.45) is 5.73 Å². The second-order valence-electron chi connectivity index (χ2n) is 3.75. The number of nitrogens with zero attached hydrogens (tertiary/aromatic N) is 1. The lowest BCUT2D eigenvalue weighted by atomic mass is 10.1. The zero-order valence-corrected chi connectivity index (χ0v) is 7.55. The Hall–Kier alpha value is -1.55. The van der Waals surface area contributed by atoms with E-state index >= 15 is 0 Å². The van der Waals surface area contributed by atoms with E-state index in [0.717, 1.165) is 0 Å². The first-order valence-corrected chi connectivity index (χ1v) is 4.69. The summed E-state index contributed by atoms with van der Waals surface area (Å²) in [4.78, 5) is 11.6. The van der Waals surface area contributed by atoms with Crippen molar-refractivity contribution in [2.75, 3.05) is 0 Å². The summed E-state index contributed by atoms with van der Waals surface area (Å²) in [7, 11) is 0. The molecule has 4 heteroatoms. The van der Waals surface area contributed by atoms with Gasteiger partial charge in [0.15, 0.2) is 0 Å². The molecule has 0 saturated heterocycles. The van der Waals surface area contributed by atoms with Gasteiger partial charge in [0.1, 0.15) is 5.69 Å². The van der Waals surface area contributed by atoms with Gasteiger partial charge in [0, 0.05) is 12.2 Å².